The fourth-order valence-corrected chi connectivity index (χ4v) is 2.39. The summed E-state index contributed by atoms with van der Waals surface area (Å²) < 4.78 is 1.48. The monoisotopic (exact) mass is 314 g/mol. The van der Waals surface area contributed by atoms with Crippen molar-refractivity contribution < 1.29 is 9.59 Å². The molecule has 3 N–H and O–H groups in total. The summed E-state index contributed by atoms with van der Waals surface area (Å²) in [5.74, 6) is -0.355. The van der Waals surface area contributed by atoms with Crippen molar-refractivity contribution in [1.82, 2.24) is 14.9 Å². The highest BCUT2D eigenvalue weighted by molar-refractivity contribution is 5.90. The maximum Gasteiger partial charge on any atom is 0.254 e. The lowest BCUT2D eigenvalue weighted by Crippen LogP contribution is -2.43. The summed E-state index contributed by atoms with van der Waals surface area (Å²) in [6.07, 6.45) is 4.44. The number of nitrogens with one attached hydrogen (secondary N) is 1. The smallest absolute Gasteiger partial charge is 0.254 e. The van der Waals surface area contributed by atoms with Gasteiger partial charge in [-0.1, -0.05) is 37.3 Å². The number of nitrogens with two attached hydrogens (primary N) is 1. The maximum atomic E-state index is 12.6. The van der Waals surface area contributed by atoms with Crippen molar-refractivity contribution in [2.75, 3.05) is 6.54 Å². The Balaban J connectivity index is 2.02. The van der Waals surface area contributed by atoms with Gasteiger partial charge in [-0.05, 0) is 18.5 Å². The Bertz CT molecular complexity index is 652. The lowest BCUT2D eigenvalue weighted by Gasteiger charge is -2.17. The molecule has 0 spiro atoms. The van der Waals surface area contributed by atoms with E-state index >= 15 is 0 Å². The Morgan fingerprint density at radius 2 is 2.04 bits per heavy atom. The van der Waals surface area contributed by atoms with Crippen molar-refractivity contribution in [2.45, 2.75) is 32.2 Å². The third-order valence-electron chi connectivity index (χ3n) is 3.60. The van der Waals surface area contributed by atoms with Crippen LogP contribution in [0.15, 0.2) is 42.9 Å². The van der Waals surface area contributed by atoms with E-state index in [1.54, 1.807) is 6.20 Å². The topological polar surface area (TPSA) is 90.0 Å². The third kappa shape index (κ3) is 4.50. The van der Waals surface area contributed by atoms with E-state index in [-0.39, 0.29) is 18.2 Å². The van der Waals surface area contributed by atoms with Gasteiger partial charge in [-0.15, -0.1) is 0 Å². The first-order valence-corrected chi connectivity index (χ1v) is 7.74. The van der Waals surface area contributed by atoms with Crippen LogP contribution in [-0.2, 0) is 17.6 Å². The van der Waals surface area contributed by atoms with Crippen LogP contribution in [0.25, 0.3) is 0 Å². The first-order chi connectivity index (χ1) is 11.2. The lowest BCUT2D eigenvalue weighted by atomic mass is 10.1. The Morgan fingerprint density at radius 3 is 2.70 bits per heavy atom. The molecule has 0 bridgehead atoms. The zero-order valence-electron chi connectivity index (χ0n) is 13.2. The summed E-state index contributed by atoms with van der Waals surface area (Å²) in [5.41, 5.74) is 7.22. The minimum Gasteiger partial charge on any atom is -0.344 e. The largest absolute Gasteiger partial charge is 0.344 e. The highest BCUT2D eigenvalue weighted by Crippen LogP contribution is 2.06. The molecule has 0 saturated heterocycles. The SMILES string of the molecule is CCC(NC(=O)Cc1ccccc1)C(=O)n1cncc1CCN. The van der Waals surface area contributed by atoms with Gasteiger partial charge in [0.1, 0.15) is 12.4 Å². The van der Waals surface area contributed by atoms with Gasteiger partial charge < -0.3 is 11.1 Å². The van der Waals surface area contributed by atoms with Crippen molar-refractivity contribution >= 4 is 11.8 Å². The molecule has 1 atom stereocenters. The van der Waals surface area contributed by atoms with E-state index in [1.807, 2.05) is 37.3 Å². The summed E-state index contributed by atoms with van der Waals surface area (Å²) in [4.78, 5) is 28.7. The number of rotatable bonds is 7. The number of hydrogen-bond acceptors (Lipinski definition) is 4. The molecule has 1 heterocycles. The Morgan fingerprint density at radius 1 is 1.30 bits per heavy atom. The molecule has 6 nitrogen and oxygen atoms in total. The molecule has 2 aromatic rings. The lowest BCUT2D eigenvalue weighted by molar-refractivity contribution is -0.121. The number of benzene rings is 1. The number of hydrogen-bond donors (Lipinski definition) is 2. The molecule has 122 valence electrons. The molecule has 0 fully saturated rings. The van der Waals surface area contributed by atoms with Crippen molar-refractivity contribution in [3.05, 3.63) is 54.1 Å². The van der Waals surface area contributed by atoms with Gasteiger partial charge in [0.2, 0.25) is 5.91 Å². The summed E-state index contributed by atoms with van der Waals surface area (Å²) >= 11 is 0. The number of carbonyl (C=O) groups excluding carboxylic acids is 2. The molecule has 23 heavy (non-hydrogen) atoms. The third-order valence-corrected chi connectivity index (χ3v) is 3.60. The molecule has 0 radical (unpaired) electrons. The molecule has 0 aliphatic rings. The fraction of sp³-hybridized carbons (Fsp3) is 0.353. The summed E-state index contributed by atoms with van der Waals surface area (Å²) in [6, 6.07) is 8.87. The van der Waals surface area contributed by atoms with Gasteiger partial charge in [0, 0.05) is 18.3 Å². The summed E-state index contributed by atoms with van der Waals surface area (Å²) in [6.45, 7) is 2.31. The first kappa shape index (κ1) is 16.9. The molecule has 1 amide bonds. The first-order valence-electron chi connectivity index (χ1n) is 7.74. The quantitative estimate of drug-likeness (QED) is 0.802. The van der Waals surface area contributed by atoms with E-state index in [9.17, 15) is 9.59 Å². The second kappa shape index (κ2) is 8.24. The number of carbonyl (C=O) groups is 2. The highest BCUT2D eigenvalue weighted by atomic mass is 16.2. The average molecular weight is 314 g/mol. The summed E-state index contributed by atoms with van der Waals surface area (Å²) in [5, 5.41) is 2.80. The molecule has 0 aliphatic heterocycles. The molecule has 0 saturated carbocycles. The van der Waals surface area contributed by atoms with Gasteiger partial charge in [-0.3, -0.25) is 14.2 Å². The van der Waals surface area contributed by atoms with Crippen molar-refractivity contribution in [3.8, 4) is 0 Å². The fourth-order valence-electron chi connectivity index (χ4n) is 2.39. The van der Waals surface area contributed by atoms with Gasteiger partial charge in [0.15, 0.2) is 0 Å². The predicted molar refractivity (Wildman–Crippen MR) is 88.0 cm³/mol. The van der Waals surface area contributed by atoms with Gasteiger partial charge in [0.25, 0.3) is 5.91 Å². The molecule has 6 heteroatoms. The predicted octanol–water partition coefficient (Wildman–Crippen LogP) is 1.16. The van der Waals surface area contributed by atoms with Crippen LogP contribution in [-0.4, -0.2) is 34.0 Å². The van der Waals surface area contributed by atoms with Crippen LogP contribution in [0, 0.1) is 0 Å². The Labute approximate surface area is 135 Å². The van der Waals surface area contributed by atoms with Gasteiger partial charge in [-0.2, -0.15) is 0 Å². The number of aromatic nitrogens is 2. The van der Waals surface area contributed by atoms with Crippen LogP contribution in [0.4, 0.5) is 0 Å². The second-order valence-electron chi connectivity index (χ2n) is 5.32. The van der Waals surface area contributed by atoms with E-state index < -0.39 is 6.04 Å². The van der Waals surface area contributed by atoms with Crippen LogP contribution < -0.4 is 11.1 Å². The molecular weight excluding hydrogens is 292 g/mol. The Hall–Kier alpha value is -2.47. The second-order valence-corrected chi connectivity index (χ2v) is 5.32. The molecule has 0 aliphatic carbocycles. The van der Waals surface area contributed by atoms with Gasteiger partial charge in [-0.25, -0.2) is 4.98 Å². The maximum absolute atomic E-state index is 12.6. The Kier molecular flexibility index (Phi) is 6.05. The molecule has 1 unspecified atom stereocenters. The van der Waals surface area contributed by atoms with Gasteiger partial charge in [0.05, 0.1) is 6.42 Å². The van der Waals surface area contributed by atoms with Gasteiger partial charge >= 0.3 is 0 Å². The van der Waals surface area contributed by atoms with E-state index in [1.165, 1.54) is 10.9 Å². The van der Waals surface area contributed by atoms with Crippen molar-refractivity contribution in [1.29, 1.82) is 0 Å². The minimum absolute atomic E-state index is 0.170. The normalized spacial score (nSPS) is 11.9. The molecule has 2 rings (SSSR count). The zero-order chi connectivity index (χ0) is 16.7. The van der Waals surface area contributed by atoms with Crippen LogP contribution in [0.2, 0.25) is 0 Å². The van der Waals surface area contributed by atoms with Crippen molar-refractivity contribution in [3.63, 3.8) is 0 Å². The van der Waals surface area contributed by atoms with E-state index in [2.05, 4.69) is 10.3 Å². The van der Waals surface area contributed by atoms with Crippen LogP contribution >= 0.6 is 0 Å². The van der Waals surface area contributed by atoms with E-state index in [0.29, 0.717) is 19.4 Å². The molecular formula is C17H22N4O2. The van der Waals surface area contributed by atoms with E-state index in [4.69, 9.17) is 5.73 Å². The number of amides is 1. The van der Waals surface area contributed by atoms with Crippen LogP contribution in [0.1, 0.15) is 29.4 Å². The molecule has 1 aromatic carbocycles. The molecule has 1 aromatic heterocycles. The summed E-state index contributed by atoms with van der Waals surface area (Å²) in [7, 11) is 0. The van der Waals surface area contributed by atoms with E-state index in [0.717, 1.165) is 11.3 Å². The average Bonchev–Trinajstić information content (AvgIpc) is 3.01. The zero-order valence-corrected chi connectivity index (χ0v) is 13.2. The van der Waals surface area contributed by atoms with Crippen LogP contribution in [0.5, 0.6) is 0 Å². The number of imidazole rings is 1. The van der Waals surface area contributed by atoms with Crippen LogP contribution in [0.3, 0.4) is 0 Å². The highest BCUT2D eigenvalue weighted by Gasteiger charge is 2.22. The minimum atomic E-state index is -0.572. The standard InChI is InChI=1S/C17H22N4O2/c1-2-15(17(23)21-12-19-11-14(21)8-9-18)20-16(22)10-13-6-4-3-5-7-13/h3-7,11-12,15H,2,8-10,18H2,1H3,(H,20,22). The number of nitrogens with zero attached hydrogens (tertiary/aromatic N) is 2. The van der Waals surface area contributed by atoms with Crippen molar-refractivity contribution in [2.24, 2.45) is 5.73 Å².